The van der Waals surface area contributed by atoms with Gasteiger partial charge in [0.25, 0.3) is 0 Å². The van der Waals surface area contributed by atoms with Crippen molar-refractivity contribution in [1.29, 1.82) is 0 Å². The molecule has 1 aromatic heterocycles. The van der Waals surface area contributed by atoms with Crippen molar-refractivity contribution in [2.75, 3.05) is 13.7 Å². The highest BCUT2D eigenvalue weighted by Crippen LogP contribution is 2.25. The first kappa shape index (κ1) is 15.6. The number of rotatable bonds is 6. The Morgan fingerprint density at radius 2 is 2.05 bits per heavy atom. The molecule has 0 aliphatic heterocycles. The van der Waals surface area contributed by atoms with E-state index < -0.39 is 0 Å². The van der Waals surface area contributed by atoms with Crippen LogP contribution in [0.3, 0.4) is 0 Å². The molecule has 1 heterocycles. The Kier molecular flexibility index (Phi) is 5.02. The molecule has 114 valence electrons. The Labute approximate surface area is 127 Å². The molecule has 0 aliphatic rings. The van der Waals surface area contributed by atoms with Crippen LogP contribution in [0.25, 0.3) is 5.69 Å². The van der Waals surface area contributed by atoms with Crippen LogP contribution in [-0.2, 0) is 6.54 Å². The summed E-state index contributed by atoms with van der Waals surface area (Å²) in [6.07, 6.45) is 1.93. The molecule has 0 amide bonds. The van der Waals surface area contributed by atoms with Crippen LogP contribution in [-0.4, -0.2) is 23.4 Å². The minimum absolute atomic E-state index is 0.650. The number of aryl methyl sites for hydroxylation is 1. The van der Waals surface area contributed by atoms with Crippen molar-refractivity contribution < 1.29 is 4.74 Å². The normalized spacial score (nSPS) is 11.1. The van der Waals surface area contributed by atoms with Crippen molar-refractivity contribution in [3.8, 4) is 11.4 Å². The highest BCUT2D eigenvalue weighted by molar-refractivity contribution is 5.49. The molecule has 0 fully saturated rings. The van der Waals surface area contributed by atoms with E-state index in [4.69, 9.17) is 4.74 Å². The predicted octanol–water partition coefficient (Wildman–Crippen LogP) is 3.24. The van der Waals surface area contributed by atoms with Gasteiger partial charge in [-0.1, -0.05) is 19.9 Å². The van der Waals surface area contributed by atoms with Gasteiger partial charge >= 0.3 is 0 Å². The summed E-state index contributed by atoms with van der Waals surface area (Å²) < 4.78 is 7.41. The van der Waals surface area contributed by atoms with E-state index in [1.54, 1.807) is 7.11 Å². The summed E-state index contributed by atoms with van der Waals surface area (Å²) in [6.45, 7) is 10.5. The lowest BCUT2D eigenvalue weighted by atomic mass is 10.2. The fourth-order valence-electron chi connectivity index (χ4n) is 2.32. The number of hydrogen-bond acceptors (Lipinski definition) is 3. The monoisotopic (exact) mass is 287 g/mol. The van der Waals surface area contributed by atoms with E-state index in [0.29, 0.717) is 5.92 Å². The van der Waals surface area contributed by atoms with Crippen molar-refractivity contribution >= 4 is 0 Å². The highest BCUT2D eigenvalue weighted by Gasteiger charge is 2.12. The van der Waals surface area contributed by atoms with Gasteiger partial charge < -0.3 is 10.1 Å². The zero-order chi connectivity index (χ0) is 15.4. The van der Waals surface area contributed by atoms with E-state index in [-0.39, 0.29) is 0 Å². The molecule has 0 atom stereocenters. The van der Waals surface area contributed by atoms with Crippen molar-refractivity contribution in [3.63, 3.8) is 0 Å². The quantitative estimate of drug-likeness (QED) is 0.886. The molecular formula is C17H25N3O. The SMILES string of the molecule is COc1ccc(C)cc1-n1ncc(CNCC(C)C)c1C. The summed E-state index contributed by atoms with van der Waals surface area (Å²) in [7, 11) is 1.69. The van der Waals surface area contributed by atoms with Crippen LogP contribution in [0.15, 0.2) is 24.4 Å². The van der Waals surface area contributed by atoms with E-state index in [9.17, 15) is 0 Å². The Balaban J connectivity index is 2.26. The van der Waals surface area contributed by atoms with Gasteiger partial charge in [-0.15, -0.1) is 0 Å². The molecule has 0 radical (unpaired) electrons. The van der Waals surface area contributed by atoms with Gasteiger partial charge in [0.1, 0.15) is 11.4 Å². The summed E-state index contributed by atoms with van der Waals surface area (Å²) in [4.78, 5) is 0. The van der Waals surface area contributed by atoms with Crippen LogP contribution in [0.4, 0.5) is 0 Å². The Bertz CT molecular complexity index is 602. The van der Waals surface area contributed by atoms with E-state index in [1.165, 1.54) is 11.1 Å². The fourth-order valence-corrected chi connectivity index (χ4v) is 2.32. The summed E-state index contributed by atoms with van der Waals surface area (Å²) in [5, 5.41) is 7.99. The molecule has 0 spiro atoms. The maximum Gasteiger partial charge on any atom is 0.144 e. The smallest absolute Gasteiger partial charge is 0.144 e. The van der Waals surface area contributed by atoms with Gasteiger partial charge in [0.15, 0.2) is 0 Å². The maximum absolute atomic E-state index is 5.46. The van der Waals surface area contributed by atoms with E-state index in [2.05, 4.69) is 44.2 Å². The van der Waals surface area contributed by atoms with E-state index in [0.717, 1.165) is 30.2 Å². The van der Waals surface area contributed by atoms with Gasteiger partial charge in [-0.2, -0.15) is 5.10 Å². The molecule has 4 heteroatoms. The van der Waals surface area contributed by atoms with Crippen molar-refractivity contribution in [2.24, 2.45) is 5.92 Å². The second-order valence-corrected chi connectivity index (χ2v) is 5.87. The molecule has 0 saturated heterocycles. The minimum Gasteiger partial charge on any atom is -0.494 e. The van der Waals surface area contributed by atoms with Crippen LogP contribution in [0.1, 0.15) is 30.7 Å². The number of ether oxygens (including phenoxy) is 1. The molecular weight excluding hydrogens is 262 g/mol. The third-order valence-corrected chi connectivity index (χ3v) is 3.54. The number of benzene rings is 1. The van der Waals surface area contributed by atoms with E-state index >= 15 is 0 Å². The third-order valence-electron chi connectivity index (χ3n) is 3.54. The molecule has 1 N–H and O–H groups in total. The number of nitrogens with one attached hydrogen (secondary N) is 1. The number of methoxy groups -OCH3 is 1. The molecule has 0 saturated carbocycles. The minimum atomic E-state index is 0.650. The fraction of sp³-hybridized carbons (Fsp3) is 0.471. The van der Waals surface area contributed by atoms with Crippen molar-refractivity contribution in [1.82, 2.24) is 15.1 Å². The first-order chi connectivity index (χ1) is 10.0. The molecule has 1 aromatic carbocycles. The highest BCUT2D eigenvalue weighted by atomic mass is 16.5. The summed E-state index contributed by atoms with van der Waals surface area (Å²) in [5.74, 6) is 1.49. The molecule has 4 nitrogen and oxygen atoms in total. The first-order valence-corrected chi connectivity index (χ1v) is 7.42. The van der Waals surface area contributed by atoms with Crippen LogP contribution in [0.2, 0.25) is 0 Å². The van der Waals surface area contributed by atoms with Gasteiger partial charge in [0.05, 0.1) is 13.3 Å². The molecule has 0 bridgehead atoms. The molecule has 0 aliphatic carbocycles. The van der Waals surface area contributed by atoms with Crippen LogP contribution >= 0.6 is 0 Å². The summed E-state index contributed by atoms with van der Waals surface area (Å²) in [5.41, 5.74) is 4.56. The van der Waals surface area contributed by atoms with Gasteiger partial charge in [0, 0.05) is 17.8 Å². The predicted molar refractivity (Wildman–Crippen MR) is 86.1 cm³/mol. The van der Waals surface area contributed by atoms with E-state index in [1.807, 2.05) is 23.0 Å². The summed E-state index contributed by atoms with van der Waals surface area (Å²) in [6, 6.07) is 6.14. The van der Waals surface area contributed by atoms with Crippen LogP contribution < -0.4 is 10.1 Å². The lowest BCUT2D eigenvalue weighted by Crippen LogP contribution is -2.19. The van der Waals surface area contributed by atoms with Crippen molar-refractivity contribution in [2.45, 2.75) is 34.2 Å². The topological polar surface area (TPSA) is 39.1 Å². The zero-order valence-electron chi connectivity index (χ0n) is 13.6. The van der Waals surface area contributed by atoms with Gasteiger partial charge in [-0.3, -0.25) is 0 Å². The summed E-state index contributed by atoms with van der Waals surface area (Å²) >= 11 is 0. The standard InChI is InChI=1S/C17H25N3O/c1-12(2)9-18-10-15-11-19-20(14(15)4)16-8-13(3)6-7-17(16)21-5/h6-8,11-12,18H,9-10H2,1-5H3. The maximum atomic E-state index is 5.46. The average Bonchev–Trinajstić information content (AvgIpc) is 2.80. The number of aromatic nitrogens is 2. The number of nitrogens with zero attached hydrogens (tertiary/aromatic N) is 2. The molecule has 2 aromatic rings. The van der Waals surface area contributed by atoms with Crippen LogP contribution in [0.5, 0.6) is 5.75 Å². The van der Waals surface area contributed by atoms with Gasteiger partial charge in [-0.05, 0) is 44.0 Å². The second-order valence-electron chi connectivity index (χ2n) is 5.87. The average molecular weight is 287 g/mol. The number of hydrogen-bond donors (Lipinski definition) is 1. The van der Waals surface area contributed by atoms with Crippen LogP contribution in [0, 0.1) is 19.8 Å². The second kappa shape index (κ2) is 6.76. The first-order valence-electron chi connectivity index (χ1n) is 7.42. The Hall–Kier alpha value is -1.81. The molecule has 2 rings (SSSR count). The lowest BCUT2D eigenvalue weighted by molar-refractivity contribution is 0.411. The molecule has 21 heavy (non-hydrogen) atoms. The molecule has 0 unspecified atom stereocenters. The largest absolute Gasteiger partial charge is 0.494 e. The lowest BCUT2D eigenvalue weighted by Gasteiger charge is -2.12. The third kappa shape index (κ3) is 3.64. The van der Waals surface area contributed by atoms with Gasteiger partial charge in [-0.25, -0.2) is 4.68 Å². The Morgan fingerprint density at radius 3 is 2.71 bits per heavy atom. The Morgan fingerprint density at radius 1 is 1.29 bits per heavy atom. The zero-order valence-corrected chi connectivity index (χ0v) is 13.6. The van der Waals surface area contributed by atoms with Gasteiger partial charge in [0.2, 0.25) is 0 Å². The van der Waals surface area contributed by atoms with Crippen molar-refractivity contribution in [3.05, 3.63) is 41.2 Å².